The molecule has 0 amide bonds. The Morgan fingerprint density at radius 3 is 2.78 bits per heavy atom. The summed E-state index contributed by atoms with van der Waals surface area (Å²) in [6.45, 7) is 6.18. The van der Waals surface area contributed by atoms with Crippen molar-refractivity contribution in [1.29, 1.82) is 0 Å². The van der Waals surface area contributed by atoms with Crippen LogP contribution in [0.3, 0.4) is 0 Å². The Balaban J connectivity index is 1.92. The summed E-state index contributed by atoms with van der Waals surface area (Å²) in [6.07, 6.45) is 7.40. The van der Waals surface area contributed by atoms with Crippen LogP contribution in [0, 0.1) is 6.92 Å². The lowest BCUT2D eigenvalue weighted by molar-refractivity contribution is 0.271. The molecule has 0 spiro atoms. The zero-order valence-corrected chi connectivity index (χ0v) is 13.7. The van der Waals surface area contributed by atoms with E-state index in [1.54, 1.807) is 6.20 Å². The molecular weight excluding hydrogens is 286 g/mol. The number of nitrogens with two attached hydrogens (primary N) is 1. The number of nitrogens with zero attached hydrogens (tertiary/aromatic N) is 3. The molecule has 1 aliphatic rings. The molecule has 0 saturated carbocycles. The highest BCUT2D eigenvalue weighted by Crippen LogP contribution is 2.28. The Labute approximate surface area is 137 Å². The summed E-state index contributed by atoms with van der Waals surface area (Å²) in [6, 6.07) is 8.34. The molecule has 1 aliphatic heterocycles. The topological polar surface area (TPSA) is 67.1 Å². The number of aromatic nitrogens is 2. The zero-order chi connectivity index (χ0) is 16.2. The van der Waals surface area contributed by atoms with Crippen LogP contribution >= 0.6 is 0 Å². The van der Waals surface area contributed by atoms with Crippen LogP contribution in [0.2, 0.25) is 0 Å². The van der Waals surface area contributed by atoms with Gasteiger partial charge in [-0.3, -0.25) is 4.90 Å². The van der Waals surface area contributed by atoms with E-state index in [0.717, 1.165) is 36.5 Å². The van der Waals surface area contributed by atoms with Crippen molar-refractivity contribution in [2.24, 2.45) is 0 Å². The quantitative estimate of drug-likeness (QED) is 0.831. The molecule has 0 saturated heterocycles. The van der Waals surface area contributed by atoms with E-state index in [1.165, 1.54) is 5.56 Å². The van der Waals surface area contributed by atoms with Crippen molar-refractivity contribution in [1.82, 2.24) is 14.9 Å². The summed E-state index contributed by atoms with van der Waals surface area (Å²) in [5.74, 6) is 1.08. The average Bonchev–Trinajstić information content (AvgIpc) is 3.07. The van der Waals surface area contributed by atoms with Gasteiger partial charge in [0.2, 0.25) is 5.95 Å². The molecule has 1 aromatic carbocycles. The van der Waals surface area contributed by atoms with Crippen molar-refractivity contribution >= 4 is 11.8 Å². The molecule has 0 radical (unpaired) electrons. The van der Waals surface area contributed by atoms with Crippen LogP contribution < -0.4 is 11.1 Å². The van der Waals surface area contributed by atoms with Crippen LogP contribution in [0.15, 0.2) is 42.6 Å². The van der Waals surface area contributed by atoms with Crippen LogP contribution in [0.4, 0.5) is 11.8 Å². The van der Waals surface area contributed by atoms with Crippen molar-refractivity contribution in [2.45, 2.75) is 26.4 Å². The minimum atomic E-state index is 0.225. The fourth-order valence-corrected chi connectivity index (χ4v) is 2.89. The van der Waals surface area contributed by atoms with Crippen LogP contribution in [-0.2, 0) is 0 Å². The Hall–Kier alpha value is -2.40. The van der Waals surface area contributed by atoms with Crippen LogP contribution in [0.25, 0.3) is 11.1 Å². The lowest BCUT2D eigenvalue weighted by Crippen LogP contribution is -2.39. The highest BCUT2D eigenvalue weighted by molar-refractivity contribution is 5.75. The number of nitrogen functional groups attached to an aromatic ring is 1. The predicted molar refractivity (Wildman–Crippen MR) is 95.0 cm³/mol. The molecule has 120 valence electrons. The third kappa shape index (κ3) is 3.51. The smallest absolute Gasteiger partial charge is 0.221 e. The standard InChI is InChI=1S/C18H23N5/c1-3-16(23-9-4-5-10-23)21-17-15(12-20-18(19)22-17)14-8-6-7-13(2)11-14/h4-8,11-12,16H,3,9-10H2,1-2H3,(H3,19,20,21,22). The Morgan fingerprint density at radius 1 is 1.30 bits per heavy atom. The molecule has 23 heavy (non-hydrogen) atoms. The van der Waals surface area contributed by atoms with Gasteiger partial charge in [-0.05, 0) is 18.9 Å². The second kappa shape index (κ2) is 6.79. The van der Waals surface area contributed by atoms with Gasteiger partial charge >= 0.3 is 0 Å². The molecule has 1 atom stereocenters. The molecule has 2 heterocycles. The van der Waals surface area contributed by atoms with E-state index in [9.17, 15) is 0 Å². The highest BCUT2D eigenvalue weighted by Gasteiger charge is 2.19. The number of hydrogen-bond acceptors (Lipinski definition) is 5. The van der Waals surface area contributed by atoms with Gasteiger partial charge in [-0.2, -0.15) is 4.98 Å². The lowest BCUT2D eigenvalue weighted by Gasteiger charge is -2.28. The number of benzene rings is 1. The van der Waals surface area contributed by atoms with Crippen LogP contribution in [0.1, 0.15) is 18.9 Å². The van der Waals surface area contributed by atoms with E-state index >= 15 is 0 Å². The first-order valence-corrected chi connectivity index (χ1v) is 8.02. The summed E-state index contributed by atoms with van der Waals surface area (Å²) < 4.78 is 0. The molecule has 1 aromatic heterocycles. The molecule has 0 fully saturated rings. The first-order chi connectivity index (χ1) is 11.2. The fourth-order valence-electron chi connectivity index (χ4n) is 2.89. The number of anilines is 2. The van der Waals surface area contributed by atoms with Crippen molar-refractivity contribution in [3.8, 4) is 11.1 Å². The van der Waals surface area contributed by atoms with Gasteiger partial charge in [0.05, 0.1) is 6.17 Å². The second-order valence-electron chi connectivity index (χ2n) is 5.85. The number of hydrogen-bond donors (Lipinski definition) is 2. The summed E-state index contributed by atoms with van der Waals surface area (Å²) in [4.78, 5) is 11.0. The fraction of sp³-hybridized carbons (Fsp3) is 0.333. The molecule has 5 nitrogen and oxygen atoms in total. The number of aryl methyl sites for hydroxylation is 1. The summed E-state index contributed by atoms with van der Waals surface area (Å²) in [7, 11) is 0. The Kier molecular flexibility index (Phi) is 4.57. The largest absolute Gasteiger partial charge is 0.368 e. The van der Waals surface area contributed by atoms with Crippen molar-refractivity contribution in [3.05, 3.63) is 48.2 Å². The van der Waals surface area contributed by atoms with Gasteiger partial charge in [0, 0.05) is 24.8 Å². The zero-order valence-electron chi connectivity index (χ0n) is 13.7. The van der Waals surface area contributed by atoms with Crippen molar-refractivity contribution in [2.75, 3.05) is 24.1 Å². The summed E-state index contributed by atoms with van der Waals surface area (Å²) in [5.41, 5.74) is 9.11. The maximum atomic E-state index is 5.82. The van der Waals surface area contributed by atoms with Gasteiger partial charge in [0.1, 0.15) is 5.82 Å². The van der Waals surface area contributed by atoms with Crippen molar-refractivity contribution in [3.63, 3.8) is 0 Å². The predicted octanol–water partition coefficient (Wildman–Crippen LogP) is 3.05. The second-order valence-corrected chi connectivity index (χ2v) is 5.85. The van der Waals surface area contributed by atoms with Crippen molar-refractivity contribution < 1.29 is 0 Å². The van der Waals surface area contributed by atoms with Gasteiger partial charge in [-0.25, -0.2) is 4.98 Å². The minimum Gasteiger partial charge on any atom is -0.368 e. The van der Waals surface area contributed by atoms with E-state index < -0.39 is 0 Å². The molecule has 3 N–H and O–H groups in total. The molecule has 2 aromatic rings. The average molecular weight is 309 g/mol. The molecular formula is C18H23N5. The Morgan fingerprint density at radius 2 is 2.09 bits per heavy atom. The first kappa shape index (κ1) is 15.5. The lowest BCUT2D eigenvalue weighted by atomic mass is 10.1. The molecule has 5 heteroatoms. The normalized spacial score (nSPS) is 15.7. The maximum Gasteiger partial charge on any atom is 0.221 e. The summed E-state index contributed by atoms with van der Waals surface area (Å²) >= 11 is 0. The summed E-state index contributed by atoms with van der Waals surface area (Å²) in [5, 5.41) is 3.55. The van der Waals surface area contributed by atoms with Gasteiger partial charge in [-0.15, -0.1) is 0 Å². The van der Waals surface area contributed by atoms with E-state index in [4.69, 9.17) is 5.73 Å². The van der Waals surface area contributed by atoms with Gasteiger partial charge in [0.25, 0.3) is 0 Å². The minimum absolute atomic E-state index is 0.225. The van der Waals surface area contributed by atoms with Crippen LogP contribution in [0.5, 0.6) is 0 Å². The van der Waals surface area contributed by atoms with Gasteiger partial charge in [0.15, 0.2) is 0 Å². The SMILES string of the molecule is CCC(Nc1nc(N)ncc1-c1cccc(C)c1)N1CC=CC1. The third-order valence-electron chi connectivity index (χ3n) is 4.11. The van der Waals surface area contributed by atoms with E-state index in [1.807, 2.05) is 6.07 Å². The van der Waals surface area contributed by atoms with Gasteiger partial charge in [-0.1, -0.05) is 48.9 Å². The molecule has 3 rings (SSSR count). The highest BCUT2D eigenvalue weighted by atomic mass is 15.3. The molecule has 0 aliphatic carbocycles. The molecule has 0 bridgehead atoms. The Bertz CT molecular complexity index is 702. The number of nitrogens with one attached hydrogen (secondary N) is 1. The first-order valence-electron chi connectivity index (χ1n) is 8.02. The van der Waals surface area contributed by atoms with Crippen LogP contribution in [-0.4, -0.2) is 34.1 Å². The third-order valence-corrected chi connectivity index (χ3v) is 4.11. The monoisotopic (exact) mass is 309 g/mol. The van der Waals surface area contributed by atoms with E-state index in [0.29, 0.717) is 5.95 Å². The van der Waals surface area contributed by atoms with E-state index in [-0.39, 0.29) is 6.17 Å². The maximum absolute atomic E-state index is 5.82. The van der Waals surface area contributed by atoms with E-state index in [2.05, 4.69) is 64.4 Å². The molecule has 1 unspecified atom stereocenters. The number of rotatable bonds is 5. The van der Waals surface area contributed by atoms with Gasteiger partial charge < -0.3 is 11.1 Å².